The molecule has 0 aliphatic carbocycles. The van der Waals surface area contributed by atoms with Crippen molar-refractivity contribution < 1.29 is 0 Å². The van der Waals surface area contributed by atoms with E-state index in [0.717, 1.165) is 37.4 Å². The van der Waals surface area contributed by atoms with Gasteiger partial charge in [0, 0.05) is 45.0 Å². The lowest BCUT2D eigenvalue weighted by molar-refractivity contribution is 0.572. The Bertz CT molecular complexity index is 1550. The van der Waals surface area contributed by atoms with Crippen LogP contribution in [0.2, 0.25) is 0 Å². The van der Waals surface area contributed by atoms with Crippen LogP contribution in [0.1, 0.15) is 12.7 Å². The molecule has 0 radical (unpaired) electrons. The second-order valence-corrected chi connectivity index (χ2v) is 8.29. The molecule has 1 fully saturated rings. The monoisotopic (exact) mass is 470 g/mol. The van der Waals surface area contributed by atoms with Gasteiger partial charge in [-0.25, -0.2) is 14.8 Å². The fraction of sp³-hybridized carbons (Fsp3) is 0.320. The van der Waals surface area contributed by atoms with Crippen LogP contribution < -0.4 is 21.5 Å². The third kappa shape index (κ3) is 4.22. The second-order valence-electron chi connectivity index (χ2n) is 8.29. The van der Waals surface area contributed by atoms with Gasteiger partial charge >= 0.3 is 5.69 Å². The molecular weight excluding hydrogens is 444 g/mol. The van der Waals surface area contributed by atoms with E-state index in [-0.39, 0.29) is 6.54 Å². The number of hydrogen-bond acceptors (Lipinski definition) is 7. The van der Waals surface area contributed by atoms with Crippen molar-refractivity contribution in [3.63, 3.8) is 0 Å². The predicted molar refractivity (Wildman–Crippen MR) is 134 cm³/mol. The summed E-state index contributed by atoms with van der Waals surface area (Å²) in [4.78, 5) is 42.7. The molecule has 3 aromatic heterocycles. The minimum atomic E-state index is -0.464. The Balaban J connectivity index is 1.64. The number of fused-ring (bicyclic) bond motifs is 1. The van der Waals surface area contributed by atoms with E-state index >= 15 is 0 Å². The van der Waals surface area contributed by atoms with Gasteiger partial charge in [-0.3, -0.25) is 18.5 Å². The van der Waals surface area contributed by atoms with Gasteiger partial charge in [0.1, 0.15) is 5.82 Å². The second kappa shape index (κ2) is 9.56. The van der Waals surface area contributed by atoms with Crippen LogP contribution in [0, 0.1) is 11.8 Å². The van der Waals surface area contributed by atoms with Gasteiger partial charge in [-0.15, -0.1) is 5.92 Å². The molecule has 0 saturated carbocycles. The molecule has 178 valence electrons. The smallest absolute Gasteiger partial charge is 0.332 e. The van der Waals surface area contributed by atoms with Gasteiger partial charge in [0.25, 0.3) is 5.56 Å². The first kappa shape index (κ1) is 22.6. The number of nitrogens with zero attached hydrogens (tertiary/aromatic N) is 7. The van der Waals surface area contributed by atoms with E-state index in [1.165, 1.54) is 9.13 Å². The molecule has 10 heteroatoms. The van der Waals surface area contributed by atoms with Gasteiger partial charge in [-0.05, 0) is 13.0 Å². The highest BCUT2D eigenvalue weighted by Crippen LogP contribution is 2.20. The minimum absolute atomic E-state index is 0.0459. The summed E-state index contributed by atoms with van der Waals surface area (Å²) in [6.45, 7) is 5.17. The lowest BCUT2D eigenvalue weighted by Crippen LogP contribution is -2.44. The van der Waals surface area contributed by atoms with Crippen molar-refractivity contribution in [2.24, 2.45) is 7.05 Å². The van der Waals surface area contributed by atoms with Gasteiger partial charge in [-0.2, -0.15) is 4.98 Å². The van der Waals surface area contributed by atoms with Crippen LogP contribution in [0.3, 0.4) is 0 Å². The van der Waals surface area contributed by atoms with Gasteiger partial charge in [0.15, 0.2) is 11.2 Å². The Labute approximate surface area is 201 Å². The van der Waals surface area contributed by atoms with E-state index in [1.807, 2.05) is 34.9 Å². The first-order chi connectivity index (χ1) is 17.1. The Hall–Kier alpha value is -4.23. The van der Waals surface area contributed by atoms with Gasteiger partial charge in [-0.1, -0.05) is 36.3 Å². The number of piperazine rings is 1. The van der Waals surface area contributed by atoms with E-state index in [2.05, 4.69) is 32.0 Å². The van der Waals surface area contributed by atoms with Crippen LogP contribution in [0.15, 0.2) is 52.2 Å². The fourth-order valence-electron chi connectivity index (χ4n) is 4.30. The van der Waals surface area contributed by atoms with E-state index in [9.17, 15) is 9.59 Å². The molecule has 1 aliphatic rings. The van der Waals surface area contributed by atoms with Crippen molar-refractivity contribution in [2.45, 2.75) is 20.0 Å². The number of anilines is 1. The summed E-state index contributed by atoms with van der Waals surface area (Å²) in [6.07, 6.45) is 1.64. The molecule has 0 spiro atoms. The van der Waals surface area contributed by atoms with Crippen molar-refractivity contribution in [1.82, 2.24) is 34.0 Å². The summed E-state index contributed by atoms with van der Waals surface area (Å²) < 4.78 is 4.40. The molecule has 1 saturated heterocycles. The lowest BCUT2D eigenvalue weighted by Gasteiger charge is -2.28. The summed E-state index contributed by atoms with van der Waals surface area (Å²) in [5.41, 5.74) is 1.47. The van der Waals surface area contributed by atoms with Crippen LogP contribution >= 0.6 is 0 Å². The van der Waals surface area contributed by atoms with Crippen molar-refractivity contribution in [1.29, 1.82) is 0 Å². The van der Waals surface area contributed by atoms with E-state index in [0.29, 0.717) is 29.5 Å². The summed E-state index contributed by atoms with van der Waals surface area (Å²) in [5.74, 6) is 6.98. The molecule has 1 aliphatic heterocycles. The highest BCUT2D eigenvalue weighted by Gasteiger charge is 2.24. The molecule has 0 atom stereocenters. The molecule has 10 nitrogen and oxygen atoms in total. The Morgan fingerprint density at radius 2 is 1.80 bits per heavy atom. The molecule has 4 aromatic rings. The van der Waals surface area contributed by atoms with Gasteiger partial charge in [0.2, 0.25) is 5.95 Å². The number of aryl methyl sites for hydroxylation is 1. The first-order valence-electron chi connectivity index (χ1n) is 11.5. The number of rotatable bonds is 5. The highest BCUT2D eigenvalue weighted by molar-refractivity contribution is 5.75. The lowest BCUT2D eigenvalue weighted by atomic mass is 10.1. The third-order valence-electron chi connectivity index (χ3n) is 6.10. The van der Waals surface area contributed by atoms with Crippen LogP contribution in [0.4, 0.5) is 5.95 Å². The summed E-state index contributed by atoms with van der Waals surface area (Å²) in [5, 5.41) is 3.32. The van der Waals surface area contributed by atoms with Crippen LogP contribution in [0.25, 0.3) is 22.4 Å². The molecule has 1 aromatic carbocycles. The number of benzene rings is 1. The average Bonchev–Trinajstić information content (AvgIpc) is 3.29. The zero-order valence-corrected chi connectivity index (χ0v) is 19.7. The summed E-state index contributed by atoms with van der Waals surface area (Å²) in [7, 11) is 1.63. The van der Waals surface area contributed by atoms with Gasteiger partial charge < -0.3 is 10.2 Å². The normalized spacial score (nSPS) is 13.6. The number of imidazole rings is 1. The van der Waals surface area contributed by atoms with E-state index < -0.39 is 11.2 Å². The highest BCUT2D eigenvalue weighted by atomic mass is 16.2. The molecule has 5 rings (SSSR count). The van der Waals surface area contributed by atoms with Crippen LogP contribution in [-0.4, -0.2) is 54.8 Å². The van der Waals surface area contributed by atoms with Crippen molar-refractivity contribution >= 4 is 17.1 Å². The summed E-state index contributed by atoms with van der Waals surface area (Å²) in [6, 6.07) is 11.5. The SMILES string of the molecule is CC#CCn1c(N2CCNCC2)nc2c1c(=O)n(Cc1nccc(-c3ccccc3)n1)c(=O)n2C. The zero-order chi connectivity index (χ0) is 24.4. The molecule has 35 heavy (non-hydrogen) atoms. The number of aromatic nitrogens is 6. The Morgan fingerprint density at radius 3 is 2.54 bits per heavy atom. The molecule has 0 bridgehead atoms. The van der Waals surface area contributed by atoms with Crippen molar-refractivity contribution in [2.75, 3.05) is 31.1 Å². The Morgan fingerprint density at radius 1 is 1.03 bits per heavy atom. The maximum atomic E-state index is 13.7. The maximum Gasteiger partial charge on any atom is 0.332 e. The van der Waals surface area contributed by atoms with Crippen molar-refractivity contribution in [3.8, 4) is 23.1 Å². The minimum Gasteiger partial charge on any atom is -0.340 e. The topological polar surface area (TPSA) is 103 Å². The molecule has 1 N–H and O–H groups in total. The third-order valence-corrected chi connectivity index (χ3v) is 6.10. The van der Waals surface area contributed by atoms with Gasteiger partial charge in [0.05, 0.1) is 18.8 Å². The molecule has 0 amide bonds. The fourth-order valence-corrected chi connectivity index (χ4v) is 4.30. The number of hydrogen-bond donors (Lipinski definition) is 1. The largest absolute Gasteiger partial charge is 0.340 e. The molecule has 0 unspecified atom stereocenters. The molecule has 4 heterocycles. The predicted octanol–water partition coefficient (Wildman–Crippen LogP) is 0.835. The first-order valence-corrected chi connectivity index (χ1v) is 11.5. The maximum absolute atomic E-state index is 13.7. The van der Waals surface area contributed by atoms with E-state index in [1.54, 1.807) is 26.2 Å². The number of nitrogens with one attached hydrogen (secondary N) is 1. The van der Waals surface area contributed by atoms with Crippen LogP contribution in [-0.2, 0) is 20.1 Å². The summed E-state index contributed by atoms with van der Waals surface area (Å²) >= 11 is 0. The average molecular weight is 471 g/mol. The van der Waals surface area contributed by atoms with Crippen LogP contribution in [0.5, 0.6) is 0 Å². The van der Waals surface area contributed by atoms with E-state index in [4.69, 9.17) is 4.98 Å². The Kier molecular flexibility index (Phi) is 6.16. The van der Waals surface area contributed by atoms with Crippen molar-refractivity contribution in [3.05, 3.63) is 69.3 Å². The molecular formula is C25H26N8O2. The zero-order valence-electron chi connectivity index (χ0n) is 19.7. The standard InChI is InChI=1S/C25H26N8O2/c1-3-4-14-32-21-22(29-24(32)31-15-12-26-13-16-31)30(2)25(35)33(23(21)34)17-20-27-11-10-19(28-20)18-8-6-5-7-9-18/h5-11,26H,12-17H2,1-2H3. The quantitative estimate of drug-likeness (QED) is 0.431.